The summed E-state index contributed by atoms with van der Waals surface area (Å²) in [6.45, 7) is 3.78. The van der Waals surface area contributed by atoms with Crippen LogP contribution in [0.1, 0.15) is 54.6 Å². The number of anilines is 3. The second-order valence-electron chi connectivity index (χ2n) is 10.1. The van der Waals surface area contributed by atoms with Gasteiger partial charge < -0.3 is 20.9 Å². The molecule has 0 saturated heterocycles. The Morgan fingerprint density at radius 2 is 2.02 bits per heavy atom. The van der Waals surface area contributed by atoms with Crippen molar-refractivity contribution in [2.45, 2.75) is 45.7 Å². The van der Waals surface area contributed by atoms with E-state index in [1.54, 1.807) is 0 Å². The Morgan fingerprint density at radius 3 is 2.77 bits per heavy atom. The van der Waals surface area contributed by atoms with E-state index in [9.17, 15) is 9.59 Å². The van der Waals surface area contributed by atoms with Crippen molar-refractivity contribution in [3.8, 4) is 0 Å². The predicted octanol–water partition coefficient (Wildman–Crippen LogP) is 3.18. The number of aryl methyl sites for hydroxylation is 1. The minimum Gasteiger partial charge on any atom is -0.383 e. The highest BCUT2D eigenvalue weighted by atomic mass is 32.1. The molecule has 1 fully saturated rings. The summed E-state index contributed by atoms with van der Waals surface area (Å²) < 4.78 is 2.80. The molecule has 3 heterocycles. The Morgan fingerprint density at radius 1 is 1.20 bits per heavy atom. The molecule has 0 radical (unpaired) electrons. The van der Waals surface area contributed by atoms with Crippen LogP contribution in [0.4, 0.5) is 16.8 Å². The quantitative estimate of drug-likeness (QED) is 0.226. The van der Waals surface area contributed by atoms with Crippen LogP contribution in [0.2, 0.25) is 0 Å². The van der Waals surface area contributed by atoms with Gasteiger partial charge in [0.1, 0.15) is 23.5 Å². The Labute approximate surface area is 233 Å². The molecular weight excluding hydrogens is 524 g/mol. The Hall–Kier alpha value is -4.64. The Kier molecular flexibility index (Phi) is 6.51. The lowest BCUT2D eigenvalue weighted by atomic mass is 9.91. The van der Waals surface area contributed by atoms with E-state index in [0.29, 0.717) is 28.8 Å². The lowest BCUT2D eigenvalue weighted by Gasteiger charge is -2.31. The number of nitrogen functional groups attached to an aromatic ring is 1. The highest BCUT2D eigenvalue weighted by molar-refractivity contribution is 7.22. The van der Waals surface area contributed by atoms with Gasteiger partial charge in [-0.15, -0.1) is 0 Å². The molecule has 1 amide bonds. The molecule has 1 aliphatic rings. The summed E-state index contributed by atoms with van der Waals surface area (Å²) in [4.78, 5) is 38.2. The average Bonchev–Trinajstić information content (AvgIpc) is 3.28. The summed E-state index contributed by atoms with van der Waals surface area (Å²) in [5.74, 6) is 0.536. The molecule has 0 aliphatic heterocycles. The summed E-state index contributed by atoms with van der Waals surface area (Å²) in [5, 5.41) is 15.0. The van der Waals surface area contributed by atoms with E-state index < -0.39 is 0 Å². The molecule has 6 rings (SSSR count). The Balaban J connectivity index is 1.35. The number of carbonyl (C=O) groups is 1. The van der Waals surface area contributed by atoms with Crippen LogP contribution in [0.3, 0.4) is 0 Å². The molecule has 6 N–H and O–H groups in total. The van der Waals surface area contributed by atoms with E-state index >= 15 is 0 Å². The van der Waals surface area contributed by atoms with Gasteiger partial charge >= 0.3 is 0 Å². The van der Waals surface area contributed by atoms with E-state index in [-0.39, 0.29) is 23.3 Å². The molecule has 3 aromatic heterocycles. The molecule has 202 valence electrons. The second kappa shape index (κ2) is 10.2. The minimum atomic E-state index is -0.181. The number of hydrogen-bond acceptors (Lipinski definition) is 8. The van der Waals surface area contributed by atoms with E-state index in [4.69, 9.17) is 11.1 Å². The number of nitrogens with two attached hydrogens (primary N) is 2. The van der Waals surface area contributed by atoms with Gasteiger partial charge in [0.2, 0.25) is 11.6 Å². The van der Waals surface area contributed by atoms with Crippen molar-refractivity contribution >= 4 is 60.7 Å². The molecule has 0 spiro atoms. The highest BCUT2D eigenvalue weighted by Crippen LogP contribution is 2.33. The number of fused-ring (bicyclic) bond motifs is 2. The molecule has 10 nitrogen and oxygen atoms in total. The number of aromatic nitrogens is 4. The number of nitrogens with one attached hydrogen (secondary N) is 2. The number of carbonyl (C=O) groups excluding carboxylic acids is 1. The van der Waals surface area contributed by atoms with Gasteiger partial charge in [0.15, 0.2) is 5.13 Å². The van der Waals surface area contributed by atoms with Gasteiger partial charge in [-0.25, -0.2) is 15.0 Å². The molecular formula is C29H29N8O2S+. The summed E-state index contributed by atoms with van der Waals surface area (Å²) in [7, 11) is 0. The van der Waals surface area contributed by atoms with Crippen molar-refractivity contribution in [1.82, 2.24) is 19.5 Å². The number of pyridine rings is 1. The van der Waals surface area contributed by atoms with Crippen LogP contribution in [0.5, 0.6) is 0 Å². The Bertz CT molecular complexity index is 1870. The zero-order valence-corrected chi connectivity index (χ0v) is 23.0. The number of benzene rings is 2. The largest absolute Gasteiger partial charge is 0.383 e. The average molecular weight is 554 g/mol. The third-order valence-electron chi connectivity index (χ3n) is 7.37. The van der Waals surface area contributed by atoms with Gasteiger partial charge in [0.05, 0.1) is 22.1 Å². The first-order chi connectivity index (χ1) is 19.3. The fourth-order valence-corrected chi connectivity index (χ4v) is 6.15. The molecule has 0 atom stereocenters. The maximum atomic E-state index is 13.6. The molecule has 11 heteroatoms. The topological polar surface area (TPSA) is 153 Å². The summed E-state index contributed by atoms with van der Waals surface area (Å²) >= 11 is 1.36. The zero-order chi connectivity index (χ0) is 28.0. The fraction of sp³-hybridized carbons (Fsp3) is 0.241. The van der Waals surface area contributed by atoms with Gasteiger partial charge in [-0.2, -0.15) is 0 Å². The van der Waals surface area contributed by atoms with Crippen molar-refractivity contribution in [3.63, 3.8) is 0 Å². The minimum absolute atomic E-state index is 0.0436. The zero-order valence-electron chi connectivity index (χ0n) is 22.2. The number of amides is 1. The van der Waals surface area contributed by atoms with Crippen molar-refractivity contribution in [2.75, 3.05) is 16.4 Å². The van der Waals surface area contributed by atoms with Crippen LogP contribution in [0, 0.1) is 6.92 Å². The van der Waals surface area contributed by atoms with E-state index in [1.165, 1.54) is 24.6 Å². The van der Waals surface area contributed by atoms with Crippen LogP contribution < -0.4 is 27.3 Å². The molecule has 0 unspecified atom stereocenters. The smallest absolute Gasteiger partial charge is 0.259 e. The third-order valence-corrected chi connectivity index (χ3v) is 8.31. The van der Waals surface area contributed by atoms with E-state index in [2.05, 4.69) is 31.7 Å². The fourth-order valence-electron chi connectivity index (χ4n) is 5.20. The highest BCUT2D eigenvalue weighted by Gasteiger charge is 2.26. The summed E-state index contributed by atoms with van der Waals surface area (Å²) in [5.41, 5.74) is 10.6. The summed E-state index contributed by atoms with van der Waals surface area (Å²) in [6.07, 6.45) is 4.48. The van der Waals surface area contributed by atoms with Crippen LogP contribution in [0.15, 0.2) is 53.6 Å². The van der Waals surface area contributed by atoms with E-state index in [1.807, 2.05) is 47.9 Å². The summed E-state index contributed by atoms with van der Waals surface area (Å²) in [6, 6.07) is 13.8. The van der Waals surface area contributed by atoms with Gasteiger partial charge in [-0.1, -0.05) is 29.5 Å². The molecule has 5 aromatic rings. The van der Waals surface area contributed by atoms with Crippen LogP contribution >= 0.6 is 11.3 Å². The number of thiazole rings is 1. The van der Waals surface area contributed by atoms with Crippen molar-refractivity contribution in [1.29, 1.82) is 0 Å². The van der Waals surface area contributed by atoms with Gasteiger partial charge in [-0.05, 0) is 61.4 Å². The first-order valence-corrected chi connectivity index (χ1v) is 13.9. The van der Waals surface area contributed by atoms with Crippen LogP contribution in [-0.4, -0.2) is 31.1 Å². The van der Waals surface area contributed by atoms with Crippen LogP contribution in [-0.2, 0) is 11.3 Å². The van der Waals surface area contributed by atoms with Crippen LogP contribution in [0.25, 0.3) is 21.0 Å². The number of hydrogen-bond donors (Lipinski definition) is 4. The molecule has 1 saturated carbocycles. The van der Waals surface area contributed by atoms with Crippen molar-refractivity contribution < 1.29 is 10.2 Å². The normalized spacial score (nSPS) is 13.3. The molecule has 0 bridgehead atoms. The van der Waals surface area contributed by atoms with Crippen molar-refractivity contribution in [3.05, 3.63) is 81.5 Å². The molecule has 40 heavy (non-hydrogen) atoms. The lowest BCUT2D eigenvalue weighted by Crippen LogP contribution is -2.42. The number of rotatable bonds is 7. The van der Waals surface area contributed by atoms with Gasteiger partial charge in [0, 0.05) is 24.2 Å². The third kappa shape index (κ3) is 4.58. The number of nitrogens with zero attached hydrogens (tertiary/aromatic N) is 4. The predicted molar refractivity (Wildman–Crippen MR) is 159 cm³/mol. The standard InChI is InChI=1S/C29H28N8O2S/c1-15-5-3-6-17-11-20(37(19-7-4-8-19)28(39)23(15)17)13-32-27-24(26(31)33-14-34-27)25(30)18-9-10-21-22(12-18)40-29(36-21)35-16(2)38/h3,5-6,9-12,14,19,30H,4,7-8,13H2,1-2H3,(H,35,36,38)(H3,31,32,33,34)/p+1. The first kappa shape index (κ1) is 25.6. The van der Waals surface area contributed by atoms with Crippen molar-refractivity contribution in [2.24, 2.45) is 0 Å². The van der Waals surface area contributed by atoms with Gasteiger partial charge in [0.25, 0.3) is 5.56 Å². The molecule has 2 aromatic carbocycles. The SMILES string of the molecule is CC(=O)Nc1nc2ccc(C(=[NH2+])c3c(N)ncnc3NCc3cc4cccc(C)c4c(=O)n3C3CCC3)cc2s1. The second-order valence-corrected chi connectivity index (χ2v) is 11.1. The lowest BCUT2D eigenvalue weighted by molar-refractivity contribution is -0.114. The monoisotopic (exact) mass is 553 g/mol. The van der Waals surface area contributed by atoms with Gasteiger partial charge in [-0.3, -0.25) is 15.0 Å². The maximum absolute atomic E-state index is 13.6. The molecule has 1 aliphatic carbocycles. The maximum Gasteiger partial charge on any atom is 0.259 e. The van der Waals surface area contributed by atoms with E-state index in [0.717, 1.165) is 57.1 Å². The first-order valence-electron chi connectivity index (χ1n) is 13.1.